The first-order chi connectivity index (χ1) is 13.4. The van der Waals surface area contributed by atoms with Crippen LogP contribution in [0.1, 0.15) is 23.1 Å². The van der Waals surface area contributed by atoms with E-state index in [1.807, 2.05) is 11.0 Å². The second-order valence-corrected chi connectivity index (χ2v) is 8.12. The lowest BCUT2D eigenvalue weighted by Gasteiger charge is -2.34. The molecular weight excluding hydrogens is 352 g/mol. The van der Waals surface area contributed by atoms with Gasteiger partial charge in [0.15, 0.2) is 0 Å². The highest BCUT2D eigenvalue weighted by atomic mass is 16.2. The summed E-state index contributed by atoms with van der Waals surface area (Å²) in [5.74, 6) is 0.490. The van der Waals surface area contributed by atoms with Crippen LogP contribution in [0.15, 0.2) is 30.9 Å². The maximum absolute atomic E-state index is 12.5. The fraction of sp³-hybridized carbons (Fsp3) is 0.545. The van der Waals surface area contributed by atoms with Crippen LogP contribution in [0.2, 0.25) is 0 Å². The molecule has 1 atom stereocenters. The number of hydrogen-bond acceptors (Lipinski definition) is 3. The third-order valence-corrected chi connectivity index (χ3v) is 5.56. The zero-order valence-electron chi connectivity index (χ0n) is 17.1. The topological polar surface area (TPSA) is 55.9 Å². The molecule has 3 rings (SSSR count). The van der Waals surface area contributed by atoms with Crippen LogP contribution in [0.5, 0.6) is 0 Å². The molecule has 28 heavy (non-hydrogen) atoms. The Bertz CT molecular complexity index is 713. The summed E-state index contributed by atoms with van der Waals surface area (Å²) in [6.07, 6.45) is 3.01. The predicted molar refractivity (Wildman–Crippen MR) is 111 cm³/mol. The van der Waals surface area contributed by atoms with Crippen molar-refractivity contribution in [2.75, 3.05) is 45.8 Å². The Morgan fingerprint density at radius 3 is 2.64 bits per heavy atom. The third-order valence-electron chi connectivity index (χ3n) is 5.56. The quantitative estimate of drug-likeness (QED) is 0.765. The van der Waals surface area contributed by atoms with E-state index in [-0.39, 0.29) is 18.5 Å². The highest BCUT2D eigenvalue weighted by molar-refractivity contribution is 5.85. The highest BCUT2D eigenvalue weighted by Gasteiger charge is 2.28. The largest absolute Gasteiger partial charge is 0.338 e. The minimum Gasteiger partial charge on any atom is -0.338 e. The van der Waals surface area contributed by atoms with Crippen LogP contribution in [-0.4, -0.2) is 72.5 Å². The van der Waals surface area contributed by atoms with E-state index in [2.05, 4.69) is 48.8 Å². The summed E-state index contributed by atoms with van der Waals surface area (Å²) in [4.78, 5) is 30.9. The van der Waals surface area contributed by atoms with Gasteiger partial charge in [0.2, 0.25) is 5.91 Å². The predicted octanol–water partition coefficient (Wildman–Crippen LogP) is 2.17. The molecule has 0 saturated carbocycles. The van der Waals surface area contributed by atoms with Gasteiger partial charge in [-0.25, -0.2) is 4.79 Å². The van der Waals surface area contributed by atoms with Gasteiger partial charge >= 0.3 is 6.03 Å². The number of carbonyl (C=O) groups is 2. The van der Waals surface area contributed by atoms with E-state index in [0.29, 0.717) is 32.1 Å². The molecule has 0 aromatic heterocycles. The molecule has 1 N–H and O–H groups in total. The van der Waals surface area contributed by atoms with E-state index < -0.39 is 0 Å². The van der Waals surface area contributed by atoms with Crippen molar-refractivity contribution < 1.29 is 9.59 Å². The molecule has 152 valence electrons. The van der Waals surface area contributed by atoms with E-state index in [1.54, 1.807) is 4.90 Å². The third kappa shape index (κ3) is 5.35. The molecule has 0 bridgehead atoms. The number of rotatable bonds is 6. The van der Waals surface area contributed by atoms with Crippen molar-refractivity contribution in [3.05, 3.63) is 47.5 Å². The molecule has 6 nitrogen and oxygen atoms in total. The Morgan fingerprint density at radius 2 is 1.96 bits per heavy atom. The van der Waals surface area contributed by atoms with Crippen molar-refractivity contribution >= 4 is 11.9 Å². The Labute approximate surface area is 168 Å². The van der Waals surface area contributed by atoms with Gasteiger partial charge in [0, 0.05) is 39.3 Å². The van der Waals surface area contributed by atoms with E-state index >= 15 is 0 Å². The zero-order chi connectivity index (χ0) is 20.1. The summed E-state index contributed by atoms with van der Waals surface area (Å²) in [7, 11) is 0. The minimum absolute atomic E-state index is 0.0126. The van der Waals surface area contributed by atoms with Gasteiger partial charge in [-0.3, -0.25) is 9.69 Å². The number of nitrogens with one attached hydrogen (secondary N) is 1. The molecule has 2 aliphatic rings. The normalized spacial score (nSPS) is 20.5. The van der Waals surface area contributed by atoms with Crippen molar-refractivity contribution in [3.8, 4) is 0 Å². The van der Waals surface area contributed by atoms with Gasteiger partial charge in [-0.2, -0.15) is 0 Å². The first-order valence-corrected chi connectivity index (χ1v) is 10.2. The lowest BCUT2D eigenvalue weighted by atomic mass is 10.1. The van der Waals surface area contributed by atoms with Crippen molar-refractivity contribution in [2.24, 2.45) is 5.92 Å². The lowest BCUT2D eigenvalue weighted by molar-refractivity contribution is -0.135. The number of nitrogens with zero attached hydrogens (tertiary/aromatic N) is 3. The van der Waals surface area contributed by atoms with Crippen LogP contribution in [-0.2, 0) is 11.3 Å². The summed E-state index contributed by atoms with van der Waals surface area (Å²) in [5.41, 5.74) is 3.56. The monoisotopic (exact) mass is 384 g/mol. The number of urea groups is 1. The zero-order valence-corrected chi connectivity index (χ0v) is 17.1. The molecule has 2 heterocycles. The average Bonchev–Trinajstić information content (AvgIpc) is 3.08. The maximum Gasteiger partial charge on any atom is 0.317 e. The van der Waals surface area contributed by atoms with Gasteiger partial charge in [-0.1, -0.05) is 35.4 Å². The fourth-order valence-electron chi connectivity index (χ4n) is 4.20. The number of carbonyl (C=O) groups excluding carboxylic acids is 2. The van der Waals surface area contributed by atoms with Gasteiger partial charge in [0.1, 0.15) is 6.54 Å². The van der Waals surface area contributed by atoms with E-state index in [4.69, 9.17) is 0 Å². The van der Waals surface area contributed by atoms with Crippen molar-refractivity contribution in [2.45, 2.75) is 26.8 Å². The first-order valence-electron chi connectivity index (χ1n) is 10.2. The van der Waals surface area contributed by atoms with Gasteiger partial charge in [-0.15, -0.1) is 6.58 Å². The molecule has 0 spiro atoms. The second-order valence-electron chi connectivity index (χ2n) is 8.12. The summed E-state index contributed by atoms with van der Waals surface area (Å²) < 4.78 is 0. The Balaban J connectivity index is 1.45. The van der Waals surface area contributed by atoms with Crippen LogP contribution >= 0.6 is 0 Å². The van der Waals surface area contributed by atoms with E-state index in [0.717, 1.165) is 31.6 Å². The summed E-state index contributed by atoms with van der Waals surface area (Å²) >= 11 is 0. The molecule has 2 fully saturated rings. The second kappa shape index (κ2) is 9.24. The summed E-state index contributed by atoms with van der Waals surface area (Å²) in [6, 6.07) is 6.25. The van der Waals surface area contributed by atoms with Crippen molar-refractivity contribution in [3.63, 3.8) is 0 Å². The van der Waals surface area contributed by atoms with Crippen LogP contribution < -0.4 is 5.32 Å². The highest BCUT2D eigenvalue weighted by Crippen LogP contribution is 2.16. The molecule has 2 aliphatic heterocycles. The number of hydrogen-bond donors (Lipinski definition) is 1. The van der Waals surface area contributed by atoms with Gasteiger partial charge in [0.05, 0.1) is 0 Å². The molecule has 3 amide bonds. The first kappa shape index (κ1) is 20.4. The molecule has 6 heteroatoms. The number of likely N-dealkylation sites (tertiary alicyclic amines) is 1. The molecule has 1 aromatic carbocycles. The molecule has 0 unspecified atom stereocenters. The molecular formula is C22H32N4O2. The van der Waals surface area contributed by atoms with Gasteiger partial charge in [-0.05, 0) is 38.3 Å². The number of benzene rings is 1. The number of piperazine rings is 1. The Hall–Kier alpha value is -2.34. The van der Waals surface area contributed by atoms with Crippen molar-refractivity contribution in [1.82, 2.24) is 20.0 Å². The maximum atomic E-state index is 12.5. The Kier molecular flexibility index (Phi) is 6.73. The summed E-state index contributed by atoms with van der Waals surface area (Å²) in [5, 5.41) is 3.02. The van der Waals surface area contributed by atoms with Crippen LogP contribution in [0, 0.1) is 19.8 Å². The standard InChI is InChI=1S/C22H32N4O2/c1-4-6-24-7-5-19(14-24)13-23-22(28)26-9-8-25(21(27)16-26)15-20-11-17(2)10-18(3)12-20/h4,10-12,19H,1,5-9,13-16H2,2-3H3,(H,23,28)/t19-/m0/s1. The van der Waals surface area contributed by atoms with Crippen molar-refractivity contribution in [1.29, 1.82) is 0 Å². The Morgan fingerprint density at radius 1 is 1.21 bits per heavy atom. The minimum atomic E-state index is -0.124. The van der Waals surface area contributed by atoms with Gasteiger partial charge in [0.25, 0.3) is 0 Å². The van der Waals surface area contributed by atoms with Gasteiger partial charge < -0.3 is 15.1 Å². The average molecular weight is 385 g/mol. The summed E-state index contributed by atoms with van der Waals surface area (Å²) in [6.45, 7) is 13.5. The smallest absolute Gasteiger partial charge is 0.317 e. The van der Waals surface area contributed by atoms with Crippen LogP contribution in [0.3, 0.4) is 0 Å². The molecule has 2 saturated heterocycles. The SMILES string of the molecule is C=CCN1CC[C@@H](CNC(=O)N2CCN(Cc3cc(C)cc(C)c3)C(=O)C2)C1. The lowest BCUT2D eigenvalue weighted by Crippen LogP contribution is -2.54. The number of amides is 3. The van der Waals surface area contributed by atoms with E-state index in [1.165, 1.54) is 11.1 Å². The molecule has 1 aromatic rings. The molecule has 0 aliphatic carbocycles. The van der Waals surface area contributed by atoms with Crippen LogP contribution in [0.25, 0.3) is 0 Å². The van der Waals surface area contributed by atoms with E-state index in [9.17, 15) is 9.59 Å². The molecule has 0 radical (unpaired) electrons. The van der Waals surface area contributed by atoms with Crippen LogP contribution in [0.4, 0.5) is 4.79 Å². The fourth-order valence-corrected chi connectivity index (χ4v) is 4.20. The number of aryl methyl sites for hydroxylation is 2.